The van der Waals surface area contributed by atoms with Gasteiger partial charge in [0.2, 0.25) is 0 Å². The van der Waals surface area contributed by atoms with Gasteiger partial charge in [0.15, 0.2) is 0 Å². The molecule has 0 aromatic carbocycles. The van der Waals surface area contributed by atoms with Gasteiger partial charge in [0, 0.05) is 0 Å². The summed E-state index contributed by atoms with van der Waals surface area (Å²) < 4.78 is 39.7. The highest BCUT2D eigenvalue weighted by molar-refractivity contribution is 4.86. The molecule has 0 nitrogen and oxygen atoms in total. The number of unbranched alkanes of at least 4 members (excludes halogenated alkanes) is 5. The smallest absolute Gasteiger partial charge is 0.171 e. The molecular weight excluding hydrogens is 249 g/mol. The molecular formula is C16H31F3. The Morgan fingerprint density at radius 3 is 1.84 bits per heavy atom. The molecule has 0 aromatic rings. The standard InChI is InChI=1S/C16H31F3/c1-5-7-8-9-10-11-12-14(3)15(4,13-6-2)16(17,18)19/h14H,5-13H2,1-4H3. The number of hydrogen-bond donors (Lipinski definition) is 0. The molecule has 0 aliphatic rings. The number of alkyl halides is 3. The minimum absolute atomic E-state index is 0.244. The average Bonchev–Trinajstić information content (AvgIpc) is 2.32. The fourth-order valence-corrected chi connectivity index (χ4v) is 2.74. The molecule has 0 bridgehead atoms. The van der Waals surface area contributed by atoms with Crippen molar-refractivity contribution in [3.05, 3.63) is 0 Å². The topological polar surface area (TPSA) is 0 Å². The van der Waals surface area contributed by atoms with Crippen molar-refractivity contribution in [2.45, 2.75) is 91.7 Å². The van der Waals surface area contributed by atoms with Crippen LogP contribution in [0.5, 0.6) is 0 Å². The number of hydrogen-bond acceptors (Lipinski definition) is 0. The van der Waals surface area contributed by atoms with Gasteiger partial charge in [0.25, 0.3) is 0 Å². The monoisotopic (exact) mass is 280 g/mol. The van der Waals surface area contributed by atoms with Crippen molar-refractivity contribution < 1.29 is 13.2 Å². The van der Waals surface area contributed by atoms with Gasteiger partial charge in [-0.3, -0.25) is 0 Å². The highest BCUT2D eigenvalue weighted by Crippen LogP contribution is 2.48. The van der Waals surface area contributed by atoms with E-state index in [1.807, 2.05) is 6.92 Å². The Kier molecular flexibility index (Phi) is 8.76. The molecule has 2 atom stereocenters. The molecule has 116 valence electrons. The fourth-order valence-electron chi connectivity index (χ4n) is 2.74. The van der Waals surface area contributed by atoms with Crippen LogP contribution in [0.15, 0.2) is 0 Å². The lowest BCUT2D eigenvalue weighted by Gasteiger charge is -2.37. The highest BCUT2D eigenvalue weighted by atomic mass is 19.4. The van der Waals surface area contributed by atoms with Crippen molar-refractivity contribution in [1.82, 2.24) is 0 Å². The largest absolute Gasteiger partial charge is 0.394 e. The Hall–Kier alpha value is -0.210. The molecule has 0 spiro atoms. The van der Waals surface area contributed by atoms with Gasteiger partial charge in [-0.1, -0.05) is 72.6 Å². The molecule has 0 N–H and O–H groups in total. The van der Waals surface area contributed by atoms with Crippen molar-refractivity contribution in [1.29, 1.82) is 0 Å². The quantitative estimate of drug-likeness (QED) is 0.389. The van der Waals surface area contributed by atoms with Crippen molar-refractivity contribution in [2.75, 3.05) is 0 Å². The number of halogens is 3. The highest BCUT2D eigenvalue weighted by Gasteiger charge is 2.52. The first-order valence-electron chi connectivity index (χ1n) is 7.86. The third-order valence-corrected chi connectivity index (χ3v) is 4.50. The van der Waals surface area contributed by atoms with Crippen molar-refractivity contribution in [3.63, 3.8) is 0 Å². The van der Waals surface area contributed by atoms with Crippen LogP contribution in [0, 0.1) is 11.3 Å². The Morgan fingerprint density at radius 2 is 1.37 bits per heavy atom. The van der Waals surface area contributed by atoms with Gasteiger partial charge < -0.3 is 0 Å². The van der Waals surface area contributed by atoms with E-state index in [2.05, 4.69) is 6.92 Å². The van der Waals surface area contributed by atoms with Crippen LogP contribution in [0.2, 0.25) is 0 Å². The van der Waals surface area contributed by atoms with Crippen LogP contribution in [0.25, 0.3) is 0 Å². The summed E-state index contributed by atoms with van der Waals surface area (Å²) in [4.78, 5) is 0. The zero-order chi connectivity index (χ0) is 14.9. The second kappa shape index (κ2) is 8.86. The maximum atomic E-state index is 13.2. The van der Waals surface area contributed by atoms with E-state index < -0.39 is 11.6 Å². The third-order valence-electron chi connectivity index (χ3n) is 4.50. The second-order valence-corrected chi connectivity index (χ2v) is 6.12. The van der Waals surface area contributed by atoms with Gasteiger partial charge in [0.05, 0.1) is 5.41 Å². The molecule has 0 fully saturated rings. The predicted molar refractivity (Wildman–Crippen MR) is 76.2 cm³/mol. The van der Waals surface area contributed by atoms with Crippen LogP contribution < -0.4 is 0 Å². The second-order valence-electron chi connectivity index (χ2n) is 6.12. The van der Waals surface area contributed by atoms with E-state index in [9.17, 15) is 13.2 Å². The molecule has 19 heavy (non-hydrogen) atoms. The summed E-state index contributed by atoms with van der Waals surface area (Å²) in [6.45, 7) is 7.18. The summed E-state index contributed by atoms with van der Waals surface area (Å²) in [5.41, 5.74) is -1.51. The van der Waals surface area contributed by atoms with Crippen molar-refractivity contribution >= 4 is 0 Å². The molecule has 0 heterocycles. The molecule has 0 saturated heterocycles. The van der Waals surface area contributed by atoms with Crippen LogP contribution in [0.3, 0.4) is 0 Å². The lowest BCUT2D eigenvalue weighted by Crippen LogP contribution is -2.40. The van der Waals surface area contributed by atoms with E-state index in [-0.39, 0.29) is 12.3 Å². The van der Waals surface area contributed by atoms with E-state index in [0.29, 0.717) is 12.8 Å². The van der Waals surface area contributed by atoms with Crippen LogP contribution in [-0.2, 0) is 0 Å². The van der Waals surface area contributed by atoms with Crippen LogP contribution in [0.4, 0.5) is 13.2 Å². The molecule has 0 aliphatic carbocycles. The van der Waals surface area contributed by atoms with Crippen molar-refractivity contribution in [2.24, 2.45) is 11.3 Å². The van der Waals surface area contributed by atoms with E-state index in [4.69, 9.17) is 0 Å². The Bertz CT molecular complexity index is 223. The van der Waals surface area contributed by atoms with Crippen LogP contribution >= 0.6 is 0 Å². The maximum absolute atomic E-state index is 13.2. The zero-order valence-electron chi connectivity index (χ0n) is 13.1. The molecule has 0 amide bonds. The van der Waals surface area contributed by atoms with E-state index in [1.165, 1.54) is 26.2 Å². The third kappa shape index (κ3) is 6.18. The molecule has 3 heteroatoms. The van der Waals surface area contributed by atoms with Gasteiger partial charge in [-0.05, 0) is 18.8 Å². The van der Waals surface area contributed by atoms with E-state index in [1.54, 1.807) is 6.92 Å². The SMILES string of the molecule is CCCCCCCCC(C)C(C)(CCC)C(F)(F)F. The van der Waals surface area contributed by atoms with Gasteiger partial charge in [-0.2, -0.15) is 13.2 Å². The molecule has 0 rings (SSSR count). The Labute approximate surface area is 117 Å². The lowest BCUT2D eigenvalue weighted by molar-refractivity contribution is -0.238. The minimum Gasteiger partial charge on any atom is -0.171 e. The van der Waals surface area contributed by atoms with Gasteiger partial charge in [-0.25, -0.2) is 0 Å². The zero-order valence-corrected chi connectivity index (χ0v) is 13.1. The van der Waals surface area contributed by atoms with Gasteiger partial charge in [0.1, 0.15) is 0 Å². The molecule has 0 aliphatic heterocycles. The normalized spacial score (nSPS) is 17.2. The molecule has 2 unspecified atom stereocenters. The summed E-state index contributed by atoms with van der Waals surface area (Å²) in [7, 11) is 0. The first-order valence-corrected chi connectivity index (χ1v) is 7.86. The predicted octanol–water partition coefficient (Wildman–Crippen LogP) is 6.74. The summed E-state index contributed by atoms with van der Waals surface area (Å²) in [5, 5.41) is 0. The van der Waals surface area contributed by atoms with Gasteiger partial charge in [-0.15, -0.1) is 0 Å². The summed E-state index contributed by atoms with van der Waals surface area (Å²) in [5.74, 6) is -0.279. The lowest BCUT2D eigenvalue weighted by atomic mass is 9.72. The summed E-state index contributed by atoms with van der Waals surface area (Å²) >= 11 is 0. The summed E-state index contributed by atoms with van der Waals surface area (Å²) in [6, 6.07) is 0. The number of rotatable bonds is 10. The van der Waals surface area contributed by atoms with Crippen molar-refractivity contribution in [3.8, 4) is 0 Å². The molecule has 0 saturated carbocycles. The van der Waals surface area contributed by atoms with E-state index in [0.717, 1.165) is 19.3 Å². The van der Waals surface area contributed by atoms with Crippen LogP contribution in [0.1, 0.15) is 85.5 Å². The van der Waals surface area contributed by atoms with Crippen LogP contribution in [-0.4, -0.2) is 6.18 Å². The Balaban J connectivity index is 4.16. The fraction of sp³-hybridized carbons (Fsp3) is 1.00. The van der Waals surface area contributed by atoms with Gasteiger partial charge >= 0.3 is 6.18 Å². The minimum atomic E-state index is -4.08. The summed E-state index contributed by atoms with van der Waals surface area (Å²) in [6.07, 6.45) is 4.29. The molecule has 0 aromatic heterocycles. The van der Waals surface area contributed by atoms with E-state index >= 15 is 0 Å². The average molecular weight is 280 g/mol. The first-order chi connectivity index (χ1) is 8.79. The first kappa shape index (κ1) is 18.8. The Morgan fingerprint density at radius 1 is 0.842 bits per heavy atom. The maximum Gasteiger partial charge on any atom is 0.394 e. The molecule has 0 radical (unpaired) electrons.